The minimum absolute atomic E-state index is 0.0716. The van der Waals surface area contributed by atoms with Gasteiger partial charge < -0.3 is 16.2 Å². The second kappa shape index (κ2) is 8.91. The topological polar surface area (TPSA) is 92.4 Å². The molecule has 112 valence electrons. The number of amides is 1. The molecule has 4 unspecified atom stereocenters. The highest BCUT2D eigenvalue weighted by atomic mass is 16.4. The number of nitrogens with one attached hydrogen (secondary N) is 1. The number of aliphatic carboxylic acids is 1. The summed E-state index contributed by atoms with van der Waals surface area (Å²) in [5, 5.41) is 11.8. The first-order valence-corrected chi connectivity index (χ1v) is 7.08. The SMILES string of the molecule is CCC(C)C(NC(=O)C(C)CCCC(C)N)C(=O)O. The standard InChI is InChI=1S/C14H28N2O3/c1-5-9(2)12(14(18)19)16-13(17)10(3)7-6-8-11(4)15/h9-12H,5-8,15H2,1-4H3,(H,16,17)(H,18,19). The second-order valence-electron chi connectivity index (χ2n) is 5.52. The Hall–Kier alpha value is -1.10. The van der Waals surface area contributed by atoms with Crippen LogP contribution in [0, 0.1) is 11.8 Å². The third-order valence-electron chi connectivity index (χ3n) is 3.52. The van der Waals surface area contributed by atoms with E-state index in [1.807, 2.05) is 27.7 Å². The maximum absolute atomic E-state index is 11.9. The zero-order valence-electron chi connectivity index (χ0n) is 12.5. The van der Waals surface area contributed by atoms with Crippen LogP contribution in [0.1, 0.15) is 53.4 Å². The Morgan fingerprint density at radius 3 is 2.21 bits per heavy atom. The number of rotatable bonds is 9. The Morgan fingerprint density at radius 1 is 1.21 bits per heavy atom. The van der Waals surface area contributed by atoms with Gasteiger partial charge in [0.1, 0.15) is 6.04 Å². The van der Waals surface area contributed by atoms with Crippen LogP contribution in [0.15, 0.2) is 0 Å². The van der Waals surface area contributed by atoms with Gasteiger partial charge in [-0.1, -0.05) is 33.6 Å². The third-order valence-corrected chi connectivity index (χ3v) is 3.52. The largest absolute Gasteiger partial charge is 0.480 e. The summed E-state index contributed by atoms with van der Waals surface area (Å²) in [5.74, 6) is -1.40. The van der Waals surface area contributed by atoms with Gasteiger partial charge in [-0.05, 0) is 25.7 Å². The Morgan fingerprint density at radius 2 is 1.79 bits per heavy atom. The van der Waals surface area contributed by atoms with E-state index in [2.05, 4.69) is 5.32 Å². The number of nitrogens with two attached hydrogens (primary N) is 1. The lowest BCUT2D eigenvalue weighted by atomic mass is 9.97. The van der Waals surface area contributed by atoms with Crippen LogP contribution in [-0.2, 0) is 9.59 Å². The van der Waals surface area contributed by atoms with Crippen LogP contribution in [0.4, 0.5) is 0 Å². The molecule has 0 heterocycles. The lowest BCUT2D eigenvalue weighted by Gasteiger charge is -2.22. The number of carboxylic acids is 1. The molecule has 4 atom stereocenters. The van der Waals surface area contributed by atoms with Gasteiger partial charge >= 0.3 is 5.97 Å². The van der Waals surface area contributed by atoms with Crippen LogP contribution in [-0.4, -0.2) is 29.1 Å². The molecular weight excluding hydrogens is 244 g/mol. The molecule has 0 aliphatic rings. The zero-order chi connectivity index (χ0) is 15.0. The van der Waals surface area contributed by atoms with E-state index in [1.165, 1.54) is 0 Å². The van der Waals surface area contributed by atoms with Crippen molar-refractivity contribution in [3.05, 3.63) is 0 Å². The first-order valence-electron chi connectivity index (χ1n) is 7.08. The predicted octanol–water partition coefficient (Wildman–Crippen LogP) is 1.76. The van der Waals surface area contributed by atoms with E-state index in [9.17, 15) is 9.59 Å². The van der Waals surface area contributed by atoms with Gasteiger partial charge in [0.15, 0.2) is 0 Å². The number of carbonyl (C=O) groups is 2. The molecule has 0 spiro atoms. The summed E-state index contributed by atoms with van der Waals surface area (Å²) in [6.45, 7) is 7.51. The van der Waals surface area contributed by atoms with Crippen LogP contribution in [0.3, 0.4) is 0 Å². The Balaban J connectivity index is 4.28. The monoisotopic (exact) mass is 272 g/mol. The fourth-order valence-electron chi connectivity index (χ4n) is 1.86. The van der Waals surface area contributed by atoms with E-state index in [0.29, 0.717) is 0 Å². The van der Waals surface area contributed by atoms with Crippen LogP contribution in [0.5, 0.6) is 0 Å². The third kappa shape index (κ3) is 7.15. The number of carboxylic acid groups (broad SMARTS) is 1. The van der Waals surface area contributed by atoms with Crippen molar-refractivity contribution in [1.29, 1.82) is 0 Å². The summed E-state index contributed by atoms with van der Waals surface area (Å²) in [5.41, 5.74) is 5.65. The van der Waals surface area contributed by atoms with Crippen LogP contribution < -0.4 is 11.1 Å². The molecule has 0 aromatic heterocycles. The normalized spacial score (nSPS) is 17.3. The van der Waals surface area contributed by atoms with Crippen molar-refractivity contribution in [1.82, 2.24) is 5.32 Å². The lowest BCUT2D eigenvalue weighted by Crippen LogP contribution is -2.46. The van der Waals surface area contributed by atoms with Crippen molar-refractivity contribution < 1.29 is 14.7 Å². The Bertz CT molecular complexity index is 292. The maximum Gasteiger partial charge on any atom is 0.326 e. The molecule has 0 aromatic rings. The van der Waals surface area contributed by atoms with Gasteiger partial charge in [0, 0.05) is 12.0 Å². The summed E-state index contributed by atoms with van der Waals surface area (Å²) >= 11 is 0. The molecule has 0 aliphatic heterocycles. The second-order valence-corrected chi connectivity index (χ2v) is 5.52. The fraction of sp³-hybridized carbons (Fsp3) is 0.857. The van der Waals surface area contributed by atoms with E-state index in [0.717, 1.165) is 25.7 Å². The molecule has 4 N–H and O–H groups in total. The average molecular weight is 272 g/mol. The van der Waals surface area contributed by atoms with Gasteiger partial charge in [-0.2, -0.15) is 0 Å². The summed E-state index contributed by atoms with van der Waals surface area (Å²) in [6, 6.07) is -0.657. The average Bonchev–Trinajstić information content (AvgIpc) is 2.33. The molecule has 0 bridgehead atoms. The van der Waals surface area contributed by atoms with Gasteiger partial charge in [-0.15, -0.1) is 0 Å². The van der Waals surface area contributed by atoms with Crippen LogP contribution in [0.2, 0.25) is 0 Å². The number of hydrogen-bond donors (Lipinski definition) is 3. The Labute approximate surface area is 115 Å². The van der Waals surface area contributed by atoms with Gasteiger partial charge in [0.05, 0.1) is 0 Å². The molecule has 0 fully saturated rings. The molecule has 5 heteroatoms. The molecule has 0 rings (SSSR count). The van der Waals surface area contributed by atoms with E-state index in [1.54, 1.807) is 0 Å². The molecule has 0 saturated heterocycles. The van der Waals surface area contributed by atoms with E-state index >= 15 is 0 Å². The number of carbonyl (C=O) groups excluding carboxylic acids is 1. The van der Waals surface area contributed by atoms with E-state index in [4.69, 9.17) is 10.8 Å². The molecule has 0 saturated carbocycles. The van der Waals surface area contributed by atoms with Crippen LogP contribution >= 0.6 is 0 Å². The minimum Gasteiger partial charge on any atom is -0.480 e. The highest BCUT2D eigenvalue weighted by Crippen LogP contribution is 2.12. The van der Waals surface area contributed by atoms with Gasteiger partial charge in [0.25, 0.3) is 0 Å². The highest BCUT2D eigenvalue weighted by Gasteiger charge is 2.26. The van der Waals surface area contributed by atoms with Crippen molar-refractivity contribution in [2.75, 3.05) is 0 Å². The summed E-state index contributed by atoms with van der Waals surface area (Å²) < 4.78 is 0. The zero-order valence-corrected chi connectivity index (χ0v) is 12.5. The highest BCUT2D eigenvalue weighted by molar-refractivity contribution is 5.84. The molecule has 1 amide bonds. The van der Waals surface area contributed by atoms with E-state index < -0.39 is 12.0 Å². The van der Waals surface area contributed by atoms with Crippen molar-refractivity contribution >= 4 is 11.9 Å². The first-order chi connectivity index (χ1) is 8.79. The maximum atomic E-state index is 11.9. The fourth-order valence-corrected chi connectivity index (χ4v) is 1.86. The summed E-state index contributed by atoms with van der Waals surface area (Å²) in [7, 11) is 0. The molecular formula is C14H28N2O3. The number of hydrogen-bond acceptors (Lipinski definition) is 3. The molecule has 0 aromatic carbocycles. The van der Waals surface area contributed by atoms with Gasteiger partial charge in [-0.25, -0.2) is 4.79 Å². The van der Waals surface area contributed by atoms with Crippen LogP contribution in [0.25, 0.3) is 0 Å². The van der Waals surface area contributed by atoms with Crippen molar-refractivity contribution in [2.45, 2.75) is 65.5 Å². The predicted molar refractivity (Wildman–Crippen MR) is 75.7 cm³/mol. The quantitative estimate of drug-likeness (QED) is 0.596. The minimum atomic E-state index is -0.967. The van der Waals surface area contributed by atoms with Crippen molar-refractivity contribution in [3.8, 4) is 0 Å². The summed E-state index contributed by atoms with van der Waals surface area (Å²) in [4.78, 5) is 23.1. The first kappa shape index (κ1) is 17.9. The molecule has 19 heavy (non-hydrogen) atoms. The van der Waals surface area contributed by atoms with Crippen molar-refractivity contribution in [3.63, 3.8) is 0 Å². The van der Waals surface area contributed by atoms with Crippen molar-refractivity contribution in [2.24, 2.45) is 17.6 Å². The molecule has 5 nitrogen and oxygen atoms in total. The molecule has 0 radical (unpaired) electrons. The summed E-state index contributed by atoms with van der Waals surface area (Å²) in [6.07, 6.45) is 3.22. The van der Waals surface area contributed by atoms with E-state index in [-0.39, 0.29) is 23.8 Å². The van der Waals surface area contributed by atoms with Gasteiger partial charge in [-0.3, -0.25) is 4.79 Å². The smallest absolute Gasteiger partial charge is 0.326 e. The molecule has 0 aliphatic carbocycles. The van der Waals surface area contributed by atoms with Gasteiger partial charge in [0.2, 0.25) is 5.91 Å². The Kier molecular flexibility index (Phi) is 8.39. The lowest BCUT2D eigenvalue weighted by molar-refractivity contribution is -0.144.